The fourth-order valence-corrected chi connectivity index (χ4v) is 4.45. The molecule has 168 valence electrons. The Balaban J connectivity index is 1.80. The summed E-state index contributed by atoms with van der Waals surface area (Å²) in [5.74, 6) is -0.286. The average Bonchev–Trinajstić information content (AvgIpc) is 3.01. The van der Waals surface area contributed by atoms with Gasteiger partial charge in [0, 0.05) is 10.6 Å². The summed E-state index contributed by atoms with van der Waals surface area (Å²) >= 11 is 10.4. The lowest BCUT2D eigenvalue weighted by Crippen LogP contribution is -2.34. The third-order valence-corrected chi connectivity index (χ3v) is 6.21. The molecule has 32 heavy (non-hydrogen) atoms. The van der Waals surface area contributed by atoms with Crippen molar-refractivity contribution in [1.29, 1.82) is 0 Å². The second-order valence-electron chi connectivity index (χ2n) is 6.49. The number of rotatable bonds is 8. The predicted octanol–water partition coefficient (Wildman–Crippen LogP) is 5.29. The molecule has 0 N–H and O–H groups in total. The van der Waals surface area contributed by atoms with Gasteiger partial charge in [0.1, 0.15) is 13.2 Å². The minimum absolute atomic E-state index is 0.170. The van der Waals surface area contributed by atoms with E-state index in [1.165, 1.54) is 7.11 Å². The third kappa shape index (κ3) is 5.65. The number of halogens is 2. The van der Waals surface area contributed by atoms with Gasteiger partial charge in [-0.05, 0) is 64.5 Å². The highest BCUT2D eigenvalue weighted by molar-refractivity contribution is 9.10. The molecule has 1 heterocycles. The zero-order valence-corrected chi connectivity index (χ0v) is 20.4. The Hall–Kier alpha value is -2.49. The molecule has 1 aliphatic heterocycles. The van der Waals surface area contributed by atoms with Crippen LogP contribution in [-0.2, 0) is 20.9 Å². The largest absolute Gasteiger partial charge is 0.493 e. The summed E-state index contributed by atoms with van der Waals surface area (Å²) in [7, 11) is 1.50. The SMILES string of the molecule is CCOC(=O)CN1C(=O)S/C(=C\c2cc(Br)c(OCc3ccccc3Cl)c(OC)c2)C1=O. The Morgan fingerprint density at radius 3 is 2.69 bits per heavy atom. The monoisotopic (exact) mass is 539 g/mol. The first-order valence-corrected chi connectivity index (χ1v) is 11.5. The molecule has 7 nitrogen and oxygen atoms in total. The molecule has 2 amide bonds. The summed E-state index contributed by atoms with van der Waals surface area (Å²) in [6, 6.07) is 10.8. The predicted molar refractivity (Wildman–Crippen MR) is 126 cm³/mol. The molecule has 0 radical (unpaired) electrons. The van der Waals surface area contributed by atoms with Crippen LogP contribution in [0.25, 0.3) is 6.08 Å². The van der Waals surface area contributed by atoms with Crippen LogP contribution in [0.15, 0.2) is 45.8 Å². The van der Waals surface area contributed by atoms with Crippen LogP contribution in [0.1, 0.15) is 18.1 Å². The van der Waals surface area contributed by atoms with Crippen LogP contribution < -0.4 is 9.47 Å². The standard InChI is InChI=1S/C22H19BrClNO6S/c1-3-30-19(26)11-25-21(27)18(32-22(25)28)10-13-8-15(23)20(17(9-13)29-2)31-12-14-6-4-5-7-16(14)24/h4-10H,3,11-12H2,1-2H3/b18-10-. The molecule has 10 heteroatoms. The Bertz CT molecular complexity index is 1090. The Labute approximate surface area is 202 Å². The number of nitrogens with zero attached hydrogens (tertiary/aromatic N) is 1. The number of benzene rings is 2. The lowest BCUT2D eigenvalue weighted by Gasteiger charge is -2.14. The van der Waals surface area contributed by atoms with Crippen LogP contribution in [0.2, 0.25) is 5.02 Å². The molecule has 0 atom stereocenters. The van der Waals surface area contributed by atoms with Crippen LogP contribution in [0.5, 0.6) is 11.5 Å². The topological polar surface area (TPSA) is 82.1 Å². The van der Waals surface area contributed by atoms with Gasteiger partial charge in [-0.2, -0.15) is 0 Å². The normalized spacial score (nSPS) is 14.8. The summed E-state index contributed by atoms with van der Waals surface area (Å²) in [6.07, 6.45) is 1.56. The highest BCUT2D eigenvalue weighted by Crippen LogP contribution is 2.39. The summed E-state index contributed by atoms with van der Waals surface area (Å²) in [5, 5.41) is 0.0674. The lowest BCUT2D eigenvalue weighted by atomic mass is 10.1. The minimum atomic E-state index is -0.638. The summed E-state index contributed by atoms with van der Waals surface area (Å²) in [6.45, 7) is 1.64. The van der Waals surface area contributed by atoms with Crippen LogP contribution in [0.3, 0.4) is 0 Å². The second kappa shape index (κ2) is 10.9. The number of carbonyl (C=O) groups is 3. The van der Waals surface area contributed by atoms with Crippen molar-refractivity contribution in [2.45, 2.75) is 13.5 Å². The maximum Gasteiger partial charge on any atom is 0.326 e. The summed E-state index contributed by atoms with van der Waals surface area (Å²) in [5.41, 5.74) is 1.43. The molecule has 0 spiro atoms. The Morgan fingerprint density at radius 1 is 1.25 bits per heavy atom. The van der Waals surface area contributed by atoms with E-state index in [1.807, 2.05) is 18.2 Å². The van der Waals surface area contributed by atoms with Crippen LogP contribution >= 0.6 is 39.3 Å². The molecular formula is C22H19BrClNO6S. The number of amides is 2. The first-order valence-electron chi connectivity index (χ1n) is 9.48. The average molecular weight is 541 g/mol. The van der Waals surface area contributed by atoms with Gasteiger partial charge in [-0.15, -0.1) is 0 Å². The molecule has 2 aromatic rings. The van der Waals surface area contributed by atoms with Crippen molar-refractivity contribution in [1.82, 2.24) is 4.90 Å². The van der Waals surface area contributed by atoms with E-state index >= 15 is 0 Å². The van der Waals surface area contributed by atoms with Gasteiger partial charge in [-0.1, -0.05) is 29.8 Å². The highest BCUT2D eigenvalue weighted by Gasteiger charge is 2.36. The third-order valence-electron chi connectivity index (χ3n) is 4.35. The molecular weight excluding hydrogens is 522 g/mol. The van der Waals surface area contributed by atoms with Gasteiger partial charge >= 0.3 is 5.97 Å². The van der Waals surface area contributed by atoms with Gasteiger partial charge in [-0.25, -0.2) is 0 Å². The molecule has 0 aliphatic carbocycles. The number of hydrogen-bond acceptors (Lipinski definition) is 7. The highest BCUT2D eigenvalue weighted by atomic mass is 79.9. The van der Waals surface area contributed by atoms with Crippen molar-refractivity contribution in [2.24, 2.45) is 0 Å². The molecule has 0 saturated carbocycles. The van der Waals surface area contributed by atoms with Crippen molar-refractivity contribution < 1.29 is 28.6 Å². The van der Waals surface area contributed by atoms with Crippen molar-refractivity contribution in [2.75, 3.05) is 20.3 Å². The molecule has 1 saturated heterocycles. The first-order chi connectivity index (χ1) is 15.3. The van der Waals surface area contributed by atoms with Crippen molar-refractivity contribution in [3.63, 3.8) is 0 Å². The van der Waals surface area contributed by atoms with Gasteiger partial charge in [0.25, 0.3) is 11.1 Å². The molecule has 2 aromatic carbocycles. The van der Waals surface area contributed by atoms with Gasteiger partial charge < -0.3 is 14.2 Å². The molecule has 1 aliphatic rings. The second-order valence-corrected chi connectivity index (χ2v) is 8.74. The first kappa shape index (κ1) is 24.2. The zero-order chi connectivity index (χ0) is 23.3. The fourth-order valence-electron chi connectivity index (χ4n) is 2.85. The van der Waals surface area contributed by atoms with Crippen LogP contribution in [0, 0.1) is 0 Å². The number of imide groups is 1. The number of methoxy groups -OCH3 is 1. The number of carbonyl (C=O) groups excluding carboxylic acids is 3. The maximum atomic E-state index is 12.6. The van der Waals surface area contributed by atoms with Crippen LogP contribution in [-0.4, -0.2) is 42.3 Å². The maximum absolute atomic E-state index is 12.6. The Kier molecular flexibility index (Phi) is 8.22. The van der Waals surface area contributed by atoms with E-state index in [-0.39, 0.29) is 18.1 Å². The molecule has 3 rings (SSSR count). The summed E-state index contributed by atoms with van der Waals surface area (Å²) in [4.78, 5) is 37.5. The quantitative estimate of drug-likeness (QED) is 0.332. The number of esters is 1. The van der Waals surface area contributed by atoms with Gasteiger partial charge in [-0.3, -0.25) is 19.3 Å². The van der Waals surface area contributed by atoms with E-state index in [0.29, 0.717) is 26.6 Å². The Morgan fingerprint density at radius 2 is 2.00 bits per heavy atom. The van der Waals surface area contributed by atoms with Gasteiger partial charge in [0.15, 0.2) is 11.5 Å². The van der Waals surface area contributed by atoms with E-state index in [4.69, 9.17) is 25.8 Å². The molecule has 0 unspecified atom stereocenters. The van der Waals surface area contributed by atoms with E-state index in [2.05, 4.69) is 15.9 Å². The summed E-state index contributed by atoms with van der Waals surface area (Å²) < 4.78 is 16.8. The lowest BCUT2D eigenvalue weighted by molar-refractivity contribution is -0.145. The zero-order valence-electron chi connectivity index (χ0n) is 17.2. The molecule has 1 fully saturated rings. The molecule has 0 bridgehead atoms. The van der Waals surface area contributed by atoms with Crippen molar-refractivity contribution in [3.05, 3.63) is 61.9 Å². The fraction of sp³-hybridized carbons (Fsp3) is 0.227. The van der Waals surface area contributed by atoms with E-state index in [1.54, 1.807) is 31.2 Å². The van der Waals surface area contributed by atoms with E-state index in [0.717, 1.165) is 22.2 Å². The van der Waals surface area contributed by atoms with E-state index in [9.17, 15) is 14.4 Å². The minimum Gasteiger partial charge on any atom is -0.493 e. The number of thioether (sulfide) groups is 1. The van der Waals surface area contributed by atoms with Crippen LogP contribution in [0.4, 0.5) is 4.79 Å². The smallest absolute Gasteiger partial charge is 0.326 e. The molecule has 0 aromatic heterocycles. The van der Waals surface area contributed by atoms with Crippen molar-refractivity contribution >= 4 is 62.5 Å². The van der Waals surface area contributed by atoms with E-state index < -0.39 is 23.7 Å². The van der Waals surface area contributed by atoms with Crippen molar-refractivity contribution in [3.8, 4) is 11.5 Å². The number of hydrogen-bond donors (Lipinski definition) is 0. The van der Waals surface area contributed by atoms with Gasteiger partial charge in [0.05, 0.1) is 23.1 Å². The van der Waals surface area contributed by atoms with Gasteiger partial charge in [0.2, 0.25) is 0 Å². The number of ether oxygens (including phenoxy) is 3.